The first-order valence-corrected chi connectivity index (χ1v) is 9.45. The van der Waals surface area contributed by atoms with Crippen molar-refractivity contribution in [2.24, 2.45) is 0 Å². The number of nitrogens with zero attached hydrogens (tertiary/aromatic N) is 1. The van der Waals surface area contributed by atoms with Gasteiger partial charge in [-0.15, -0.1) is 12.4 Å². The van der Waals surface area contributed by atoms with Crippen LogP contribution in [0.15, 0.2) is 48.5 Å². The van der Waals surface area contributed by atoms with Gasteiger partial charge >= 0.3 is 0 Å². The van der Waals surface area contributed by atoms with E-state index in [1.54, 1.807) is 42.5 Å². The third-order valence-electron chi connectivity index (χ3n) is 5.40. The van der Waals surface area contributed by atoms with Crippen LogP contribution in [0.4, 0.5) is 0 Å². The number of rotatable bonds is 3. The fourth-order valence-electron chi connectivity index (χ4n) is 4.08. The summed E-state index contributed by atoms with van der Waals surface area (Å²) in [6.07, 6.45) is 3.04. The Morgan fingerprint density at radius 3 is 2.33 bits per heavy atom. The standard InChI is InChI=1S/C21H21ClN2O2.ClH/c22-15-7-5-14(6-8-15)20(25)18-3-1-2-4-19(18)21(26)24-16-9-10-17(24)13-23-12-11-16;/h1-8,16-17,23H,9-13H2;1H. The van der Waals surface area contributed by atoms with Crippen molar-refractivity contribution in [2.45, 2.75) is 31.3 Å². The average Bonchev–Trinajstić information content (AvgIpc) is 2.94. The molecule has 2 aliphatic heterocycles. The second-order valence-corrected chi connectivity index (χ2v) is 7.41. The van der Waals surface area contributed by atoms with Crippen LogP contribution < -0.4 is 5.32 Å². The smallest absolute Gasteiger partial charge is 0.255 e. The van der Waals surface area contributed by atoms with E-state index in [-0.39, 0.29) is 36.2 Å². The zero-order valence-electron chi connectivity index (χ0n) is 14.9. The Balaban J connectivity index is 0.00000210. The van der Waals surface area contributed by atoms with Gasteiger partial charge in [-0.1, -0.05) is 29.8 Å². The van der Waals surface area contributed by atoms with Gasteiger partial charge < -0.3 is 10.2 Å². The first-order chi connectivity index (χ1) is 12.6. The van der Waals surface area contributed by atoms with Crippen LogP contribution in [0, 0.1) is 0 Å². The summed E-state index contributed by atoms with van der Waals surface area (Å²) in [5.41, 5.74) is 1.48. The van der Waals surface area contributed by atoms with E-state index in [0.29, 0.717) is 21.7 Å². The van der Waals surface area contributed by atoms with Gasteiger partial charge in [0.2, 0.25) is 0 Å². The van der Waals surface area contributed by atoms with Gasteiger partial charge in [0.05, 0.1) is 5.56 Å². The van der Waals surface area contributed by atoms with Crippen LogP contribution in [0.1, 0.15) is 45.5 Å². The van der Waals surface area contributed by atoms with Gasteiger partial charge in [0.25, 0.3) is 5.91 Å². The Bertz CT molecular complexity index is 824. The van der Waals surface area contributed by atoms with Gasteiger partial charge in [-0.3, -0.25) is 9.59 Å². The molecule has 0 radical (unpaired) electrons. The highest BCUT2D eigenvalue weighted by molar-refractivity contribution is 6.30. The maximum atomic E-state index is 13.3. The van der Waals surface area contributed by atoms with E-state index < -0.39 is 0 Å². The molecule has 0 spiro atoms. The molecule has 2 atom stereocenters. The number of carbonyl (C=O) groups excluding carboxylic acids is 2. The summed E-state index contributed by atoms with van der Waals surface area (Å²) >= 11 is 5.92. The molecule has 2 aromatic rings. The topological polar surface area (TPSA) is 49.4 Å². The number of fused-ring (bicyclic) bond motifs is 2. The van der Waals surface area contributed by atoms with Crippen LogP contribution in [0.2, 0.25) is 5.02 Å². The second kappa shape index (κ2) is 8.42. The van der Waals surface area contributed by atoms with E-state index in [1.165, 1.54) is 0 Å². The maximum Gasteiger partial charge on any atom is 0.255 e. The lowest BCUT2D eigenvalue weighted by molar-refractivity contribution is 0.0676. The number of benzene rings is 2. The normalized spacial score (nSPS) is 21.3. The third-order valence-corrected chi connectivity index (χ3v) is 5.65. The molecule has 2 saturated heterocycles. The number of hydrogen-bond acceptors (Lipinski definition) is 3. The highest BCUT2D eigenvalue weighted by Crippen LogP contribution is 2.30. The minimum Gasteiger partial charge on any atom is -0.331 e. The molecule has 6 heteroatoms. The molecule has 4 nitrogen and oxygen atoms in total. The highest BCUT2D eigenvalue weighted by Gasteiger charge is 2.39. The van der Waals surface area contributed by atoms with Crippen LogP contribution in [0.5, 0.6) is 0 Å². The van der Waals surface area contributed by atoms with Gasteiger partial charge in [0, 0.05) is 34.8 Å². The van der Waals surface area contributed by atoms with E-state index in [1.807, 2.05) is 11.0 Å². The summed E-state index contributed by atoms with van der Waals surface area (Å²) in [6, 6.07) is 14.4. The van der Waals surface area contributed by atoms with Crippen molar-refractivity contribution in [3.63, 3.8) is 0 Å². The number of halogens is 2. The Morgan fingerprint density at radius 2 is 1.59 bits per heavy atom. The van der Waals surface area contributed by atoms with E-state index in [2.05, 4.69) is 5.32 Å². The quantitative estimate of drug-likeness (QED) is 0.787. The predicted octanol–water partition coefficient (Wildman–Crippen LogP) is 3.96. The molecule has 1 N–H and O–H groups in total. The first-order valence-electron chi connectivity index (χ1n) is 9.08. The van der Waals surface area contributed by atoms with Crippen LogP contribution in [0.25, 0.3) is 0 Å². The number of carbonyl (C=O) groups is 2. The molecule has 2 heterocycles. The summed E-state index contributed by atoms with van der Waals surface area (Å²) < 4.78 is 0. The largest absolute Gasteiger partial charge is 0.331 e. The van der Waals surface area contributed by atoms with E-state index in [0.717, 1.165) is 32.4 Å². The molecule has 2 bridgehead atoms. The van der Waals surface area contributed by atoms with Gasteiger partial charge in [0.15, 0.2) is 5.78 Å². The van der Waals surface area contributed by atoms with Crippen LogP contribution in [0.3, 0.4) is 0 Å². The van der Waals surface area contributed by atoms with Crippen molar-refractivity contribution >= 4 is 35.7 Å². The van der Waals surface area contributed by atoms with Crippen molar-refractivity contribution in [3.05, 3.63) is 70.2 Å². The Kier molecular flexibility index (Phi) is 6.20. The van der Waals surface area contributed by atoms with Gasteiger partial charge in [-0.25, -0.2) is 0 Å². The van der Waals surface area contributed by atoms with Gasteiger partial charge in [0.1, 0.15) is 0 Å². The lowest BCUT2D eigenvalue weighted by Crippen LogP contribution is -2.43. The van der Waals surface area contributed by atoms with Crippen LogP contribution >= 0.6 is 24.0 Å². The van der Waals surface area contributed by atoms with Crippen molar-refractivity contribution in [2.75, 3.05) is 13.1 Å². The number of hydrogen-bond donors (Lipinski definition) is 1. The molecule has 0 aliphatic carbocycles. The molecular weight excluding hydrogens is 383 g/mol. The monoisotopic (exact) mass is 404 g/mol. The molecule has 2 unspecified atom stereocenters. The lowest BCUT2D eigenvalue weighted by atomic mass is 9.97. The molecule has 2 aromatic carbocycles. The third kappa shape index (κ3) is 3.88. The molecule has 2 aliphatic rings. The molecule has 1 amide bonds. The lowest BCUT2D eigenvalue weighted by Gasteiger charge is -2.28. The van der Waals surface area contributed by atoms with E-state index >= 15 is 0 Å². The zero-order valence-corrected chi connectivity index (χ0v) is 16.4. The molecule has 142 valence electrons. The minimum atomic E-state index is -0.147. The minimum absolute atomic E-state index is 0. The summed E-state index contributed by atoms with van der Waals surface area (Å²) in [6.45, 7) is 1.77. The Hall–Kier alpha value is -1.88. The predicted molar refractivity (Wildman–Crippen MR) is 109 cm³/mol. The van der Waals surface area contributed by atoms with E-state index in [9.17, 15) is 9.59 Å². The summed E-state index contributed by atoms with van der Waals surface area (Å²) in [4.78, 5) is 28.3. The fraction of sp³-hybridized carbons (Fsp3) is 0.333. The van der Waals surface area contributed by atoms with Crippen molar-refractivity contribution in [1.82, 2.24) is 10.2 Å². The molecular formula is C21H22Cl2N2O2. The van der Waals surface area contributed by atoms with Crippen molar-refractivity contribution < 1.29 is 9.59 Å². The maximum absolute atomic E-state index is 13.3. The van der Waals surface area contributed by atoms with Crippen molar-refractivity contribution in [1.29, 1.82) is 0 Å². The van der Waals surface area contributed by atoms with Gasteiger partial charge in [-0.2, -0.15) is 0 Å². The second-order valence-electron chi connectivity index (χ2n) is 6.97. The summed E-state index contributed by atoms with van der Waals surface area (Å²) in [7, 11) is 0. The Labute approximate surface area is 170 Å². The molecule has 27 heavy (non-hydrogen) atoms. The molecule has 4 rings (SSSR count). The number of ketones is 1. The van der Waals surface area contributed by atoms with Gasteiger partial charge in [-0.05, 0) is 56.1 Å². The summed E-state index contributed by atoms with van der Waals surface area (Å²) in [5.74, 6) is -0.176. The SMILES string of the molecule is Cl.O=C(c1ccc(Cl)cc1)c1ccccc1C(=O)N1C2CCNCC1CC2. The molecule has 2 fully saturated rings. The molecule has 0 aromatic heterocycles. The molecule has 0 saturated carbocycles. The fourth-order valence-corrected chi connectivity index (χ4v) is 4.20. The number of amides is 1. The first kappa shape index (κ1) is 19.9. The average molecular weight is 405 g/mol. The Morgan fingerprint density at radius 1 is 0.926 bits per heavy atom. The van der Waals surface area contributed by atoms with Crippen LogP contribution in [-0.2, 0) is 0 Å². The van der Waals surface area contributed by atoms with Crippen LogP contribution in [-0.4, -0.2) is 41.8 Å². The zero-order chi connectivity index (χ0) is 18.1. The summed E-state index contributed by atoms with van der Waals surface area (Å²) in [5, 5.41) is 3.99. The van der Waals surface area contributed by atoms with Crippen molar-refractivity contribution in [3.8, 4) is 0 Å². The highest BCUT2D eigenvalue weighted by atomic mass is 35.5. The number of nitrogens with one attached hydrogen (secondary N) is 1. The van der Waals surface area contributed by atoms with E-state index in [4.69, 9.17) is 11.6 Å².